The zero-order chi connectivity index (χ0) is 20.7. The van der Waals surface area contributed by atoms with Gasteiger partial charge in [-0.15, -0.1) is 0 Å². The molecule has 1 N–H and O–H groups in total. The van der Waals surface area contributed by atoms with Crippen LogP contribution in [0.1, 0.15) is 16.7 Å². The van der Waals surface area contributed by atoms with Crippen molar-refractivity contribution in [2.75, 3.05) is 0 Å². The highest BCUT2D eigenvalue weighted by molar-refractivity contribution is 6.03. The molecule has 0 atom stereocenters. The number of aromatic nitrogens is 1. The Balaban J connectivity index is 1.50. The van der Waals surface area contributed by atoms with Crippen LogP contribution in [0, 0.1) is 13.8 Å². The number of rotatable bonds is 3. The minimum atomic E-state index is 0.216. The number of nitrogens with zero attached hydrogens (tertiary/aromatic N) is 2. The van der Waals surface area contributed by atoms with E-state index < -0.39 is 0 Å². The molecule has 0 saturated carbocycles. The van der Waals surface area contributed by atoms with Gasteiger partial charge in [-0.3, -0.25) is 4.99 Å². The van der Waals surface area contributed by atoms with Crippen LogP contribution in [0.4, 0.5) is 5.69 Å². The van der Waals surface area contributed by atoms with Gasteiger partial charge in [0.15, 0.2) is 5.58 Å². The molecule has 5 rings (SSSR count). The maximum Gasteiger partial charge on any atom is 0.227 e. The molecule has 0 aliphatic heterocycles. The molecule has 4 nitrogen and oxygen atoms in total. The Hall–Kier alpha value is -3.92. The predicted octanol–water partition coefficient (Wildman–Crippen LogP) is 6.72. The summed E-state index contributed by atoms with van der Waals surface area (Å²) in [5.41, 5.74) is 6.25. The number of hydrogen-bond donors (Lipinski definition) is 1. The number of aryl methyl sites for hydroxylation is 2. The molecule has 1 aromatic heterocycles. The topological polar surface area (TPSA) is 58.6 Å². The third-order valence-electron chi connectivity index (χ3n) is 5.27. The van der Waals surface area contributed by atoms with Crippen molar-refractivity contribution >= 4 is 33.8 Å². The van der Waals surface area contributed by atoms with Gasteiger partial charge in [0.1, 0.15) is 11.3 Å². The summed E-state index contributed by atoms with van der Waals surface area (Å²) in [5.74, 6) is 0.814. The molecule has 0 spiro atoms. The Labute approximate surface area is 174 Å². The highest BCUT2D eigenvalue weighted by atomic mass is 16.3. The zero-order valence-electron chi connectivity index (χ0n) is 16.8. The number of benzene rings is 4. The predicted molar refractivity (Wildman–Crippen MR) is 122 cm³/mol. The highest BCUT2D eigenvalue weighted by Gasteiger charge is 2.10. The van der Waals surface area contributed by atoms with E-state index in [1.165, 1.54) is 0 Å². The summed E-state index contributed by atoms with van der Waals surface area (Å²) in [4.78, 5) is 9.26. The largest absolute Gasteiger partial charge is 0.507 e. The third kappa shape index (κ3) is 3.22. The summed E-state index contributed by atoms with van der Waals surface area (Å²) in [5, 5.41) is 12.4. The molecule has 4 heteroatoms. The Kier molecular flexibility index (Phi) is 4.32. The molecule has 0 amide bonds. The Bertz CT molecular complexity index is 1430. The molecule has 4 aromatic carbocycles. The summed E-state index contributed by atoms with van der Waals surface area (Å²) in [7, 11) is 0. The lowest BCUT2D eigenvalue weighted by Gasteiger charge is -2.06. The van der Waals surface area contributed by atoms with E-state index in [-0.39, 0.29) is 5.75 Å². The number of oxazole rings is 1. The normalized spacial score (nSPS) is 11.7. The molecule has 1 heterocycles. The second-order valence-corrected chi connectivity index (χ2v) is 7.47. The first-order chi connectivity index (χ1) is 14.6. The van der Waals surface area contributed by atoms with E-state index in [1.807, 2.05) is 80.6 Å². The smallest absolute Gasteiger partial charge is 0.227 e. The molecule has 0 bridgehead atoms. The van der Waals surface area contributed by atoms with Crippen LogP contribution in [-0.4, -0.2) is 16.3 Å². The van der Waals surface area contributed by atoms with E-state index in [1.54, 1.807) is 12.3 Å². The second-order valence-electron chi connectivity index (χ2n) is 7.47. The molecular formula is C26H20N2O2. The third-order valence-corrected chi connectivity index (χ3v) is 5.27. The fourth-order valence-corrected chi connectivity index (χ4v) is 3.65. The molecule has 5 aromatic rings. The first kappa shape index (κ1) is 18.1. The van der Waals surface area contributed by atoms with Gasteiger partial charge < -0.3 is 9.52 Å². The zero-order valence-corrected chi connectivity index (χ0v) is 16.8. The molecule has 0 aliphatic carbocycles. The standard InChI is InChI=1S/C26H20N2O2/c1-16-7-12-25-23(13-16)28-26(30-25)19-8-10-22(17(2)14-19)27-15-21-20-6-4-3-5-18(20)9-11-24(21)29/h3-15,29H,1-2H3. The van der Waals surface area contributed by atoms with Crippen molar-refractivity contribution in [2.45, 2.75) is 13.8 Å². The molecule has 0 radical (unpaired) electrons. The lowest BCUT2D eigenvalue weighted by atomic mass is 10.0. The van der Waals surface area contributed by atoms with Crippen molar-refractivity contribution in [3.63, 3.8) is 0 Å². The minimum Gasteiger partial charge on any atom is -0.507 e. The van der Waals surface area contributed by atoms with Gasteiger partial charge in [0.2, 0.25) is 5.89 Å². The van der Waals surface area contributed by atoms with Crippen molar-refractivity contribution in [1.82, 2.24) is 4.98 Å². The van der Waals surface area contributed by atoms with E-state index in [0.717, 1.165) is 44.2 Å². The van der Waals surface area contributed by atoms with Gasteiger partial charge in [0.05, 0.1) is 5.69 Å². The Morgan fingerprint density at radius 3 is 2.67 bits per heavy atom. The van der Waals surface area contributed by atoms with Gasteiger partial charge in [-0.05, 0) is 72.1 Å². The highest BCUT2D eigenvalue weighted by Crippen LogP contribution is 2.30. The van der Waals surface area contributed by atoms with Gasteiger partial charge in [-0.25, -0.2) is 4.98 Å². The molecule has 0 saturated heterocycles. The minimum absolute atomic E-state index is 0.216. The number of hydrogen-bond acceptors (Lipinski definition) is 4. The first-order valence-corrected chi connectivity index (χ1v) is 9.81. The number of phenolic OH excluding ortho intramolecular Hbond substituents is 1. The van der Waals surface area contributed by atoms with Crippen LogP contribution >= 0.6 is 0 Å². The summed E-state index contributed by atoms with van der Waals surface area (Å²) < 4.78 is 5.91. The average molecular weight is 392 g/mol. The monoisotopic (exact) mass is 392 g/mol. The number of fused-ring (bicyclic) bond motifs is 2. The maximum atomic E-state index is 10.3. The molecule has 0 aliphatic rings. The molecule has 146 valence electrons. The van der Waals surface area contributed by atoms with Crippen molar-refractivity contribution in [1.29, 1.82) is 0 Å². The second kappa shape index (κ2) is 7.16. The average Bonchev–Trinajstić information content (AvgIpc) is 3.17. The fourth-order valence-electron chi connectivity index (χ4n) is 3.65. The number of aliphatic imine (C=N–C) groups is 1. The van der Waals surface area contributed by atoms with E-state index in [0.29, 0.717) is 11.5 Å². The van der Waals surface area contributed by atoms with Crippen LogP contribution < -0.4 is 0 Å². The Morgan fingerprint density at radius 1 is 0.933 bits per heavy atom. The molecular weight excluding hydrogens is 372 g/mol. The van der Waals surface area contributed by atoms with Gasteiger partial charge >= 0.3 is 0 Å². The van der Waals surface area contributed by atoms with Crippen LogP contribution in [0.5, 0.6) is 5.75 Å². The van der Waals surface area contributed by atoms with Crippen molar-refractivity contribution < 1.29 is 9.52 Å². The lowest BCUT2D eigenvalue weighted by molar-refractivity contribution is 0.475. The van der Waals surface area contributed by atoms with E-state index in [4.69, 9.17) is 4.42 Å². The molecule has 30 heavy (non-hydrogen) atoms. The summed E-state index contributed by atoms with van der Waals surface area (Å²) in [6.45, 7) is 4.05. The summed E-state index contributed by atoms with van der Waals surface area (Å²) in [6.07, 6.45) is 1.72. The molecule has 0 fully saturated rings. The van der Waals surface area contributed by atoms with Gasteiger partial charge in [0, 0.05) is 17.3 Å². The van der Waals surface area contributed by atoms with Crippen LogP contribution in [0.15, 0.2) is 82.2 Å². The van der Waals surface area contributed by atoms with Crippen LogP contribution in [0.25, 0.3) is 33.3 Å². The SMILES string of the molecule is Cc1ccc2oc(-c3ccc(N=Cc4c(O)ccc5ccccc45)c(C)c3)nc2c1. The molecule has 0 unspecified atom stereocenters. The number of phenols is 1. The van der Waals surface area contributed by atoms with Crippen molar-refractivity contribution in [3.05, 3.63) is 89.5 Å². The maximum absolute atomic E-state index is 10.3. The lowest BCUT2D eigenvalue weighted by Crippen LogP contribution is -1.87. The van der Waals surface area contributed by atoms with E-state index in [9.17, 15) is 5.11 Å². The van der Waals surface area contributed by atoms with Crippen LogP contribution in [-0.2, 0) is 0 Å². The first-order valence-electron chi connectivity index (χ1n) is 9.81. The van der Waals surface area contributed by atoms with E-state index in [2.05, 4.69) is 9.98 Å². The van der Waals surface area contributed by atoms with Crippen LogP contribution in [0.2, 0.25) is 0 Å². The van der Waals surface area contributed by atoms with E-state index >= 15 is 0 Å². The number of aromatic hydroxyl groups is 1. The van der Waals surface area contributed by atoms with Crippen molar-refractivity contribution in [3.8, 4) is 17.2 Å². The van der Waals surface area contributed by atoms with Gasteiger partial charge in [0.25, 0.3) is 0 Å². The fraction of sp³-hybridized carbons (Fsp3) is 0.0769. The summed E-state index contributed by atoms with van der Waals surface area (Å²) >= 11 is 0. The van der Waals surface area contributed by atoms with Crippen LogP contribution in [0.3, 0.4) is 0 Å². The van der Waals surface area contributed by atoms with Gasteiger partial charge in [-0.1, -0.05) is 36.4 Å². The Morgan fingerprint density at radius 2 is 1.80 bits per heavy atom. The van der Waals surface area contributed by atoms with Gasteiger partial charge in [-0.2, -0.15) is 0 Å². The quantitative estimate of drug-likeness (QED) is 0.347. The van der Waals surface area contributed by atoms with Crippen molar-refractivity contribution in [2.24, 2.45) is 4.99 Å². The summed E-state index contributed by atoms with van der Waals surface area (Å²) in [6, 6.07) is 23.5.